The zero-order chi connectivity index (χ0) is 18.4. The van der Waals surface area contributed by atoms with Gasteiger partial charge in [-0.1, -0.05) is 0 Å². The van der Waals surface area contributed by atoms with Crippen LogP contribution in [0.4, 0.5) is 13.2 Å². The van der Waals surface area contributed by atoms with Crippen LogP contribution in [0.2, 0.25) is 0 Å². The van der Waals surface area contributed by atoms with E-state index in [0.717, 1.165) is 0 Å². The molecule has 1 aliphatic rings. The third-order valence-electron chi connectivity index (χ3n) is 3.49. The van der Waals surface area contributed by atoms with Crippen LogP contribution in [0.3, 0.4) is 0 Å². The lowest BCUT2D eigenvalue weighted by Gasteiger charge is -2.21. The highest BCUT2D eigenvalue weighted by Gasteiger charge is 2.34. The molecule has 6 nitrogen and oxygen atoms in total. The minimum atomic E-state index is -4.15. The van der Waals surface area contributed by atoms with Gasteiger partial charge in [0.2, 0.25) is 5.91 Å². The highest BCUT2D eigenvalue weighted by Crippen LogP contribution is 2.22. The van der Waals surface area contributed by atoms with Crippen LogP contribution in [0.25, 0.3) is 0 Å². The van der Waals surface area contributed by atoms with Gasteiger partial charge in [-0.3, -0.25) is 14.7 Å². The second-order valence-corrected chi connectivity index (χ2v) is 7.11. The second-order valence-electron chi connectivity index (χ2n) is 7.11. The molecule has 1 amide bonds. The Kier molecular flexibility index (Phi) is 10.1. The number of hydrogen-bond acceptors (Lipinski definition) is 3. The SMILES string of the molecule is CN=C(NCC(=O)NC(C)(C)C)NCC1CCN(CC(F)(F)F)C1.I. The molecular weight excluding hydrogens is 450 g/mol. The van der Waals surface area contributed by atoms with Crippen LogP contribution >= 0.6 is 24.0 Å². The Morgan fingerprint density at radius 2 is 1.88 bits per heavy atom. The third-order valence-corrected chi connectivity index (χ3v) is 3.49. The summed E-state index contributed by atoms with van der Waals surface area (Å²) in [5.74, 6) is 0.449. The summed E-state index contributed by atoms with van der Waals surface area (Å²) in [7, 11) is 1.58. The van der Waals surface area contributed by atoms with Crippen LogP contribution in [0.1, 0.15) is 27.2 Å². The molecule has 1 saturated heterocycles. The number of guanidine groups is 1. The van der Waals surface area contributed by atoms with Gasteiger partial charge in [0.1, 0.15) is 0 Å². The summed E-state index contributed by atoms with van der Waals surface area (Å²) in [6, 6.07) is 0. The van der Waals surface area contributed by atoms with Crippen LogP contribution in [-0.2, 0) is 4.79 Å². The van der Waals surface area contributed by atoms with Crippen molar-refractivity contribution < 1.29 is 18.0 Å². The van der Waals surface area contributed by atoms with Gasteiger partial charge in [0.25, 0.3) is 0 Å². The molecule has 0 spiro atoms. The smallest absolute Gasteiger partial charge is 0.356 e. The van der Waals surface area contributed by atoms with Crippen molar-refractivity contribution in [1.82, 2.24) is 20.9 Å². The van der Waals surface area contributed by atoms with Crippen LogP contribution < -0.4 is 16.0 Å². The zero-order valence-electron chi connectivity index (χ0n) is 15.2. The highest BCUT2D eigenvalue weighted by molar-refractivity contribution is 14.0. The molecule has 0 bridgehead atoms. The van der Waals surface area contributed by atoms with Crippen molar-refractivity contribution in [2.24, 2.45) is 10.9 Å². The van der Waals surface area contributed by atoms with E-state index in [4.69, 9.17) is 0 Å². The molecule has 0 aromatic carbocycles. The van der Waals surface area contributed by atoms with Gasteiger partial charge in [0.05, 0.1) is 13.1 Å². The van der Waals surface area contributed by atoms with Gasteiger partial charge in [0.15, 0.2) is 5.96 Å². The third kappa shape index (κ3) is 11.4. The average molecular weight is 479 g/mol. The number of nitrogens with one attached hydrogen (secondary N) is 3. The van der Waals surface area contributed by atoms with Gasteiger partial charge in [-0.05, 0) is 39.7 Å². The molecule has 10 heteroatoms. The quantitative estimate of drug-likeness (QED) is 0.318. The molecule has 0 saturated carbocycles. The Bertz CT molecular complexity index is 451. The lowest BCUT2D eigenvalue weighted by atomic mass is 10.1. The fourth-order valence-electron chi connectivity index (χ4n) is 2.56. The summed E-state index contributed by atoms with van der Waals surface area (Å²) in [5, 5.41) is 8.79. The van der Waals surface area contributed by atoms with E-state index in [1.807, 2.05) is 20.8 Å². The average Bonchev–Trinajstić information content (AvgIpc) is 2.82. The molecule has 1 aliphatic heterocycles. The van der Waals surface area contributed by atoms with Crippen molar-refractivity contribution in [2.45, 2.75) is 38.9 Å². The number of rotatable bonds is 5. The van der Waals surface area contributed by atoms with E-state index in [-0.39, 0.29) is 47.9 Å². The van der Waals surface area contributed by atoms with Gasteiger partial charge >= 0.3 is 6.18 Å². The molecule has 0 aliphatic carbocycles. The topological polar surface area (TPSA) is 68.8 Å². The van der Waals surface area contributed by atoms with Gasteiger partial charge in [-0.2, -0.15) is 13.2 Å². The molecule has 148 valence electrons. The number of likely N-dealkylation sites (tertiary alicyclic amines) is 1. The van der Waals surface area contributed by atoms with Gasteiger partial charge in [-0.15, -0.1) is 24.0 Å². The summed E-state index contributed by atoms with van der Waals surface area (Å²) >= 11 is 0. The molecule has 0 aromatic heterocycles. The number of aliphatic imine (C=N–C) groups is 1. The normalized spacial score (nSPS) is 19.3. The van der Waals surface area contributed by atoms with Gasteiger partial charge in [-0.25, -0.2) is 0 Å². The minimum Gasteiger partial charge on any atom is -0.356 e. The molecular formula is C15H29F3IN5O. The Balaban J connectivity index is 0.00000576. The molecule has 0 aromatic rings. The molecule has 25 heavy (non-hydrogen) atoms. The van der Waals surface area contributed by atoms with Crippen molar-refractivity contribution in [1.29, 1.82) is 0 Å². The summed E-state index contributed by atoms with van der Waals surface area (Å²) in [6.07, 6.45) is -3.44. The minimum absolute atomic E-state index is 0. The molecule has 1 atom stereocenters. The molecule has 1 fully saturated rings. The van der Waals surface area contributed by atoms with Crippen LogP contribution in [0, 0.1) is 5.92 Å². The van der Waals surface area contributed by atoms with Crippen LogP contribution in [0.5, 0.6) is 0 Å². The van der Waals surface area contributed by atoms with E-state index in [1.54, 1.807) is 7.05 Å². The number of amides is 1. The first-order valence-electron chi connectivity index (χ1n) is 8.03. The summed E-state index contributed by atoms with van der Waals surface area (Å²) in [5.41, 5.74) is -0.304. The lowest BCUT2D eigenvalue weighted by molar-refractivity contribution is -0.143. The number of carbonyl (C=O) groups is 1. The maximum atomic E-state index is 12.4. The van der Waals surface area contributed by atoms with E-state index in [9.17, 15) is 18.0 Å². The van der Waals surface area contributed by atoms with E-state index < -0.39 is 12.7 Å². The molecule has 3 N–H and O–H groups in total. The number of alkyl halides is 3. The summed E-state index contributed by atoms with van der Waals surface area (Å²) in [4.78, 5) is 17.2. The molecule has 0 radical (unpaired) electrons. The van der Waals surface area contributed by atoms with E-state index in [2.05, 4.69) is 20.9 Å². The Labute approximate surface area is 164 Å². The Hall–Kier alpha value is -0.780. The van der Waals surface area contributed by atoms with Crippen molar-refractivity contribution in [2.75, 3.05) is 39.8 Å². The number of nitrogens with zero attached hydrogens (tertiary/aromatic N) is 2. The fraction of sp³-hybridized carbons (Fsp3) is 0.867. The van der Waals surface area contributed by atoms with Gasteiger partial charge < -0.3 is 16.0 Å². The first-order chi connectivity index (χ1) is 11.0. The number of hydrogen-bond donors (Lipinski definition) is 3. The fourth-order valence-corrected chi connectivity index (χ4v) is 2.56. The first-order valence-corrected chi connectivity index (χ1v) is 8.03. The number of halogens is 4. The predicted molar refractivity (Wildman–Crippen MR) is 103 cm³/mol. The standard InChI is InChI=1S/C15H28F3N5O.HI/c1-14(2,3)22-12(24)8-21-13(19-4)20-7-11-5-6-23(9-11)10-15(16,17)18;/h11H,5-10H2,1-4H3,(H,22,24)(H2,19,20,21);1H. The van der Waals surface area contributed by atoms with Crippen molar-refractivity contribution in [3.8, 4) is 0 Å². The predicted octanol–water partition coefficient (Wildman–Crippen LogP) is 1.57. The Morgan fingerprint density at radius 3 is 2.40 bits per heavy atom. The maximum absolute atomic E-state index is 12.4. The van der Waals surface area contributed by atoms with Crippen LogP contribution in [-0.4, -0.2) is 68.3 Å². The van der Waals surface area contributed by atoms with Crippen molar-refractivity contribution in [3.63, 3.8) is 0 Å². The monoisotopic (exact) mass is 479 g/mol. The van der Waals surface area contributed by atoms with Gasteiger partial charge in [0, 0.05) is 25.7 Å². The first kappa shape index (κ1) is 24.2. The highest BCUT2D eigenvalue weighted by atomic mass is 127. The van der Waals surface area contributed by atoms with E-state index in [1.165, 1.54) is 4.90 Å². The van der Waals surface area contributed by atoms with Crippen molar-refractivity contribution >= 4 is 35.8 Å². The van der Waals surface area contributed by atoms with E-state index in [0.29, 0.717) is 32.0 Å². The largest absolute Gasteiger partial charge is 0.401 e. The lowest BCUT2D eigenvalue weighted by Crippen LogP contribution is -2.48. The maximum Gasteiger partial charge on any atom is 0.401 e. The van der Waals surface area contributed by atoms with E-state index >= 15 is 0 Å². The van der Waals surface area contributed by atoms with Crippen molar-refractivity contribution in [3.05, 3.63) is 0 Å². The molecule has 1 unspecified atom stereocenters. The Morgan fingerprint density at radius 1 is 1.24 bits per heavy atom. The number of carbonyl (C=O) groups excluding carboxylic acids is 1. The summed E-state index contributed by atoms with van der Waals surface area (Å²) < 4.78 is 37.1. The zero-order valence-corrected chi connectivity index (χ0v) is 17.5. The molecule has 1 rings (SSSR count). The summed E-state index contributed by atoms with van der Waals surface area (Å²) in [6.45, 7) is 6.29. The second kappa shape index (κ2) is 10.4. The van der Waals surface area contributed by atoms with Crippen LogP contribution in [0.15, 0.2) is 4.99 Å². The molecule has 1 heterocycles.